The molecule has 0 aromatic carbocycles. The van der Waals surface area contributed by atoms with E-state index >= 15 is 0 Å². The maximum absolute atomic E-state index is 12.1. The van der Waals surface area contributed by atoms with E-state index in [1.807, 2.05) is 27.7 Å². The zero-order chi connectivity index (χ0) is 16.2. The van der Waals surface area contributed by atoms with E-state index < -0.39 is 11.6 Å². The monoisotopic (exact) mass is 298 g/mol. The Morgan fingerprint density at radius 2 is 2.00 bits per heavy atom. The maximum atomic E-state index is 12.1. The number of ether oxygens (including phenoxy) is 2. The van der Waals surface area contributed by atoms with Crippen molar-refractivity contribution in [1.29, 1.82) is 0 Å². The molecule has 1 heterocycles. The summed E-state index contributed by atoms with van der Waals surface area (Å²) >= 11 is 0. The van der Waals surface area contributed by atoms with Gasteiger partial charge in [0.2, 0.25) is 0 Å². The third-order valence-corrected chi connectivity index (χ3v) is 3.18. The second-order valence-corrected chi connectivity index (χ2v) is 6.23. The molecule has 6 heteroatoms. The number of amides is 1. The van der Waals surface area contributed by atoms with Gasteiger partial charge < -0.3 is 20.1 Å². The summed E-state index contributed by atoms with van der Waals surface area (Å²) in [4.78, 5) is 25.7. The van der Waals surface area contributed by atoms with Gasteiger partial charge in [0.25, 0.3) is 0 Å². The molecule has 120 valence electrons. The van der Waals surface area contributed by atoms with Gasteiger partial charge >= 0.3 is 12.1 Å². The highest BCUT2D eigenvalue weighted by Crippen LogP contribution is 2.22. The van der Waals surface area contributed by atoms with E-state index in [0.717, 1.165) is 0 Å². The standard InChI is InChI=1S/C15H26N2O4/c1-6-20-13(18)11-7-8-17(9-10(2)12(11)16)14(19)21-15(3,4)5/h10H,6-9,16H2,1-5H3. The highest BCUT2D eigenvalue weighted by molar-refractivity contribution is 5.89. The molecule has 0 spiro atoms. The van der Waals surface area contributed by atoms with Crippen LogP contribution in [0, 0.1) is 5.92 Å². The number of nitrogens with zero attached hydrogens (tertiary/aromatic N) is 1. The topological polar surface area (TPSA) is 81.9 Å². The lowest BCUT2D eigenvalue weighted by molar-refractivity contribution is -0.138. The van der Waals surface area contributed by atoms with E-state index in [0.29, 0.717) is 37.4 Å². The first-order valence-corrected chi connectivity index (χ1v) is 7.29. The molecule has 0 bridgehead atoms. The largest absolute Gasteiger partial charge is 0.463 e. The molecule has 0 aliphatic carbocycles. The van der Waals surface area contributed by atoms with Crippen LogP contribution in [0.15, 0.2) is 11.3 Å². The van der Waals surface area contributed by atoms with Crippen LogP contribution < -0.4 is 5.73 Å². The molecular formula is C15H26N2O4. The fourth-order valence-corrected chi connectivity index (χ4v) is 2.14. The van der Waals surface area contributed by atoms with E-state index in [1.54, 1.807) is 11.8 Å². The van der Waals surface area contributed by atoms with Gasteiger partial charge in [-0.3, -0.25) is 0 Å². The first-order valence-electron chi connectivity index (χ1n) is 7.29. The molecule has 1 aliphatic rings. The minimum Gasteiger partial charge on any atom is -0.463 e. The molecule has 1 amide bonds. The van der Waals surface area contributed by atoms with Crippen molar-refractivity contribution in [3.05, 3.63) is 11.3 Å². The van der Waals surface area contributed by atoms with Crippen molar-refractivity contribution in [2.24, 2.45) is 11.7 Å². The number of hydrogen-bond acceptors (Lipinski definition) is 5. The lowest BCUT2D eigenvalue weighted by Gasteiger charge is -2.27. The SMILES string of the molecule is CCOC(=O)C1=C(N)C(C)CN(C(=O)OC(C)(C)C)CC1. The summed E-state index contributed by atoms with van der Waals surface area (Å²) in [6, 6.07) is 0. The first kappa shape index (κ1) is 17.3. The molecule has 21 heavy (non-hydrogen) atoms. The normalized spacial score (nSPS) is 20.0. The van der Waals surface area contributed by atoms with Gasteiger partial charge in [0, 0.05) is 24.7 Å². The zero-order valence-electron chi connectivity index (χ0n) is 13.6. The van der Waals surface area contributed by atoms with Gasteiger partial charge in [0.15, 0.2) is 0 Å². The molecule has 1 rings (SSSR count). The molecule has 0 fully saturated rings. The van der Waals surface area contributed by atoms with Gasteiger partial charge in [0.1, 0.15) is 5.60 Å². The maximum Gasteiger partial charge on any atom is 0.410 e. The lowest BCUT2D eigenvalue weighted by Crippen LogP contribution is -2.39. The quantitative estimate of drug-likeness (QED) is 0.789. The summed E-state index contributed by atoms with van der Waals surface area (Å²) in [6.45, 7) is 10.2. The third kappa shape index (κ3) is 4.95. The molecule has 0 saturated heterocycles. The van der Waals surface area contributed by atoms with Crippen LogP contribution in [0.3, 0.4) is 0 Å². The molecule has 0 aromatic heterocycles. The lowest BCUT2D eigenvalue weighted by atomic mass is 10.0. The van der Waals surface area contributed by atoms with E-state index in [-0.39, 0.29) is 12.0 Å². The molecule has 0 aromatic rings. The van der Waals surface area contributed by atoms with Gasteiger partial charge in [-0.2, -0.15) is 0 Å². The highest BCUT2D eigenvalue weighted by atomic mass is 16.6. The second kappa shape index (κ2) is 6.83. The number of hydrogen-bond donors (Lipinski definition) is 1. The Kier molecular flexibility index (Phi) is 5.63. The zero-order valence-corrected chi connectivity index (χ0v) is 13.6. The van der Waals surface area contributed by atoms with E-state index in [2.05, 4.69) is 0 Å². The molecule has 6 nitrogen and oxygen atoms in total. The van der Waals surface area contributed by atoms with Crippen LogP contribution in [-0.2, 0) is 14.3 Å². The summed E-state index contributed by atoms with van der Waals surface area (Å²) < 4.78 is 10.4. The number of rotatable bonds is 2. The number of carbonyl (C=O) groups excluding carboxylic acids is 2. The summed E-state index contributed by atoms with van der Waals surface area (Å²) in [5, 5.41) is 0. The van der Waals surface area contributed by atoms with E-state index in [4.69, 9.17) is 15.2 Å². The smallest absolute Gasteiger partial charge is 0.410 e. The Morgan fingerprint density at radius 1 is 1.38 bits per heavy atom. The molecule has 1 atom stereocenters. The van der Waals surface area contributed by atoms with Crippen LogP contribution >= 0.6 is 0 Å². The molecule has 2 N–H and O–H groups in total. The molecule has 1 unspecified atom stereocenters. The van der Waals surface area contributed by atoms with Gasteiger partial charge in [0.05, 0.1) is 12.2 Å². The van der Waals surface area contributed by atoms with Crippen LogP contribution in [0.2, 0.25) is 0 Å². The minimum atomic E-state index is -0.546. The van der Waals surface area contributed by atoms with Crippen LogP contribution in [-0.4, -0.2) is 42.3 Å². The van der Waals surface area contributed by atoms with Gasteiger partial charge in [-0.25, -0.2) is 9.59 Å². The first-order chi connectivity index (χ1) is 9.65. The van der Waals surface area contributed by atoms with Crippen molar-refractivity contribution in [3.8, 4) is 0 Å². The summed E-state index contributed by atoms with van der Waals surface area (Å²) in [5.41, 5.74) is 6.46. The fourth-order valence-electron chi connectivity index (χ4n) is 2.14. The van der Waals surface area contributed by atoms with Crippen LogP contribution in [0.25, 0.3) is 0 Å². The van der Waals surface area contributed by atoms with E-state index in [9.17, 15) is 9.59 Å². The van der Waals surface area contributed by atoms with E-state index in [1.165, 1.54) is 0 Å². The average molecular weight is 298 g/mol. The number of esters is 1. The van der Waals surface area contributed by atoms with Crippen molar-refractivity contribution < 1.29 is 19.1 Å². The Hall–Kier alpha value is -1.72. The predicted octanol–water partition coefficient (Wildman–Crippen LogP) is 2.04. The van der Waals surface area contributed by atoms with Gasteiger partial charge in [-0.1, -0.05) is 6.92 Å². The average Bonchev–Trinajstić information content (AvgIpc) is 2.48. The summed E-state index contributed by atoms with van der Waals surface area (Å²) in [5.74, 6) is -0.507. The molecule has 0 radical (unpaired) electrons. The highest BCUT2D eigenvalue weighted by Gasteiger charge is 2.29. The Labute approximate surface area is 126 Å². The van der Waals surface area contributed by atoms with Crippen LogP contribution in [0.1, 0.15) is 41.0 Å². The molecular weight excluding hydrogens is 272 g/mol. The van der Waals surface area contributed by atoms with Crippen LogP contribution in [0.4, 0.5) is 4.79 Å². The second-order valence-electron chi connectivity index (χ2n) is 6.23. The number of nitrogens with two attached hydrogens (primary N) is 1. The van der Waals surface area contributed by atoms with Crippen LogP contribution in [0.5, 0.6) is 0 Å². The predicted molar refractivity (Wildman–Crippen MR) is 79.4 cm³/mol. The Morgan fingerprint density at radius 3 is 2.52 bits per heavy atom. The van der Waals surface area contributed by atoms with Gasteiger partial charge in [-0.05, 0) is 34.1 Å². The summed E-state index contributed by atoms with van der Waals surface area (Å²) in [7, 11) is 0. The van der Waals surface area contributed by atoms with Crippen molar-refractivity contribution in [3.63, 3.8) is 0 Å². The summed E-state index contributed by atoms with van der Waals surface area (Å²) in [6.07, 6.45) is 0.00102. The Bertz CT molecular complexity index is 437. The van der Waals surface area contributed by atoms with Crippen molar-refractivity contribution in [2.45, 2.75) is 46.6 Å². The van der Waals surface area contributed by atoms with Crippen molar-refractivity contribution in [2.75, 3.05) is 19.7 Å². The fraction of sp³-hybridized carbons (Fsp3) is 0.733. The van der Waals surface area contributed by atoms with Crippen molar-refractivity contribution in [1.82, 2.24) is 4.90 Å². The minimum absolute atomic E-state index is 0.112. The molecule has 1 aliphatic heterocycles. The van der Waals surface area contributed by atoms with Crippen molar-refractivity contribution >= 4 is 12.1 Å². The number of carbonyl (C=O) groups is 2. The van der Waals surface area contributed by atoms with Gasteiger partial charge in [-0.15, -0.1) is 0 Å². The Balaban J connectivity index is 2.81. The third-order valence-electron chi connectivity index (χ3n) is 3.18. The molecule has 0 saturated carbocycles.